The standard InChI is InChI=1S/C15H24BrNS/c1-4-12(5-2)14(17-6-3)11-18-15-10-8-7-9-13(15)16/h7-10,12,14,17H,4-6,11H2,1-3H3. The van der Waals surface area contributed by atoms with Crippen LogP contribution in [0.4, 0.5) is 0 Å². The minimum absolute atomic E-state index is 0.613. The Morgan fingerprint density at radius 3 is 2.39 bits per heavy atom. The van der Waals surface area contributed by atoms with Crippen molar-refractivity contribution in [1.29, 1.82) is 0 Å². The van der Waals surface area contributed by atoms with E-state index in [1.54, 1.807) is 0 Å². The third-order valence-electron chi connectivity index (χ3n) is 3.34. The van der Waals surface area contributed by atoms with E-state index >= 15 is 0 Å². The molecule has 0 aliphatic rings. The van der Waals surface area contributed by atoms with E-state index in [9.17, 15) is 0 Å². The Bertz CT molecular complexity index is 339. The topological polar surface area (TPSA) is 12.0 Å². The lowest BCUT2D eigenvalue weighted by Crippen LogP contribution is -2.37. The van der Waals surface area contributed by atoms with E-state index in [0.29, 0.717) is 6.04 Å². The van der Waals surface area contributed by atoms with Crippen LogP contribution in [0, 0.1) is 5.92 Å². The van der Waals surface area contributed by atoms with Crippen LogP contribution in [-0.4, -0.2) is 18.3 Å². The van der Waals surface area contributed by atoms with Crippen LogP contribution >= 0.6 is 27.7 Å². The Labute approximate surface area is 124 Å². The highest BCUT2D eigenvalue weighted by atomic mass is 79.9. The van der Waals surface area contributed by atoms with Crippen molar-refractivity contribution >= 4 is 27.7 Å². The molecular formula is C15H24BrNS. The highest BCUT2D eigenvalue weighted by Crippen LogP contribution is 2.29. The fourth-order valence-electron chi connectivity index (χ4n) is 2.22. The highest BCUT2D eigenvalue weighted by molar-refractivity contribution is 9.10. The lowest BCUT2D eigenvalue weighted by atomic mass is 9.95. The van der Waals surface area contributed by atoms with Crippen molar-refractivity contribution < 1.29 is 0 Å². The molecular weight excluding hydrogens is 306 g/mol. The molecule has 0 spiro atoms. The first kappa shape index (κ1) is 16.1. The molecule has 1 N–H and O–H groups in total. The van der Waals surface area contributed by atoms with Crippen LogP contribution in [-0.2, 0) is 0 Å². The molecule has 0 aromatic heterocycles. The Balaban J connectivity index is 2.59. The second kappa shape index (κ2) is 9.00. The molecule has 0 heterocycles. The molecule has 0 fully saturated rings. The van der Waals surface area contributed by atoms with Crippen LogP contribution < -0.4 is 5.32 Å². The zero-order valence-electron chi connectivity index (χ0n) is 11.6. The predicted molar refractivity (Wildman–Crippen MR) is 86.4 cm³/mol. The number of nitrogens with one attached hydrogen (secondary N) is 1. The van der Waals surface area contributed by atoms with E-state index in [-0.39, 0.29) is 0 Å². The smallest absolute Gasteiger partial charge is 0.0311 e. The lowest BCUT2D eigenvalue weighted by molar-refractivity contribution is 0.365. The van der Waals surface area contributed by atoms with Gasteiger partial charge in [0.1, 0.15) is 0 Å². The molecule has 102 valence electrons. The maximum atomic E-state index is 3.64. The van der Waals surface area contributed by atoms with Crippen molar-refractivity contribution in [3.8, 4) is 0 Å². The van der Waals surface area contributed by atoms with E-state index < -0.39 is 0 Å². The van der Waals surface area contributed by atoms with Crippen LogP contribution in [0.5, 0.6) is 0 Å². The number of rotatable bonds is 8. The molecule has 3 heteroatoms. The van der Waals surface area contributed by atoms with Crippen LogP contribution in [0.3, 0.4) is 0 Å². The normalized spacial score (nSPS) is 12.9. The van der Waals surface area contributed by atoms with Gasteiger partial charge in [-0.15, -0.1) is 11.8 Å². The van der Waals surface area contributed by atoms with Crippen molar-refractivity contribution in [3.05, 3.63) is 28.7 Å². The second-order valence-corrected chi connectivity index (χ2v) is 6.40. The average molecular weight is 330 g/mol. The fraction of sp³-hybridized carbons (Fsp3) is 0.600. The van der Waals surface area contributed by atoms with E-state index in [1.807, 2.05) is 11.8 Å². The van der Waals surface area contributed by atoms with Gasteiger partial charge in [-0.25, -0.2) is 0 Å². The van der Waals surface area contributed by atoms with Gasteiger partial charge in [0.15, 0.2) is 0 Å². The Morgan fingerprint density at radius 2 is 1.83 bits per heavy atom. The van der Waals surface area contributed by atoms with Crippen LogP contribution in [0.15, 0.2) is 33.6 Å². The van der Waals surface area contributed by atoms with E-state index in [4.69, 9.17) is 0 Å². The second-order valence-electron chi connectivity index (χ2n) is 4.48. The summed E-state index contributed by atoms with van der Waals surface area (Å²) in [5.41, 5.74) is 0. The molecule has 0 aliphatic heterocycles. The van der Waals surface area contributed by atoms with Gasteiger partial charge in [0.2, 0.25) is 0 Å². The first-order valence-corrected chi connectivity index (χ1v) is 8.61. The molecule has 1 nitrogen and oxygen atoms in total. The summed E-state index contributed by atoms with van der Waals surface area (Å²) in [6, 6.07) is 9.08. The molecule has 1 unspecified atom stereocenters. The summed E-state index contributed by atoms with van der Waals surface area (Å²) >= 11 is 5.56. The summed E-state index contributed by atoms with van der Waals surface area (Å²) in [6.07, 6.45) is 2.51. The summed E-state index contributed by atoms with van der Waals surface area (Å²) < 4.78 is 1.20. The molecule has 18 heavy (non-hydrogen) atoms. The van der Waals surface area contributed by atoms with Gasteiger partial charge in [-0.05, 0) is 40.5 Å². The maximum Gasteiger partial charge on any atom is 0.0311 e. The van der Waals surface area contributed by atoms with Crippen molar-refractivity contribution in [3.63, 3.8) is 0 Å². The molecule has 0 saturated heterocycles. The minimum Gasteiger partial charge on any atom is -0.313 e. The third kappa shape index (κ3) is 4.94. The molecule has 0 bridgehead atoms. The molecule has 1 atom stereocenters. The Kier molecular flexibility index (Phi) is 8.03. The molecule has 0 aliphatic carbocycles. The fourth-order valence-corrected chi connectivity index (χ4v) is 3.98. The van der Waals surface area contributed by atoms with Gasteiger partial charge in [0.25, 0.3) is 0 Å². The molecule has 1 rings (SSSR count). The van der Waals surface area contributed by atoms with E-state index in [1.165, 1.54) is 22.2 Å². The third-order valence-corrected chi connectivity index (χ3v) is 5.49. The Morgan fingerprint density at radius 1 is 1.17 bits per heavy atom. The van der Waals surface area contributed by atoms with Gasteiger partial charge in [-0.1, -0.05) is 45.7 Å². The number of hydrogen-bond acceptors (Lipinski definition) is 2. The van der Waals surface area contributed by atoms with Gasteiger partial charge in [-0.3, -0.25) is 0 Å². The predicted octanol–water partition coefficient (Wildman–Crippen LogP) is 4.96. The zero-order chi connectivity index (χ0) is 13.4. The summed E-state index contributed by atoms with van der Waals surface area (Å²) in [7, 11) is 0. The molecule has 1 aromatic rings. The van der Waals surface area contributed by atoms with Crippen LogP contribution in [0.1, 0.15) is 33.6 Å². The van der Waals surface area contributed by atoms with Gasteiger partial charge in [0.05, 0.1) is 0 Å². The first-order chi connectivity index (χ1) is 8.72. The van der Waals surface area contributed by atoms with Gasteiger partial charge in [0, 0.05) is 21.2 Å². The van der Waals surface area contributed by atoms with E-state index in [0.717, 1.165) is 18.2 Å². The summed E-state index contributed by atoms with van der Waals surface area (Å²) in [6.45, 7) is 7.83. The molecule has 0 saturated carbocycles. The van der Waals surface area contributed by atoms with E-state index in [2.05, 4.69) is 66.3 Å². The van der Waals surface area contributed by atoms with Crippen molar-refractivity contribution in [2.75, 3.05) is 12.3 Å². The van der Waals surface area contributed by atoms with Crippen LogP contribution in [0.25, 0.3) is 0 Å². The monoisotopic (exact) mass is 329 g/mol. The molecule has 0 amide bonds. The van der Waals surface area contributed by atoms with Crippen LogP contribution in [0.2, 0.25) is 0 Å². The Hall–Kier alpha value is 0.01000. The molecule has 0 radical (unpaired) electrons. The largest absolute Gasteiger partial charge is 0.313 e. The first-order valence-electron chi connectivity index (χ1n) is 6.83. The lowest BCUT2D eigenvalue weighted by Gasteiger charge is -2.26. The number of hydrogen-bond donors (Lipinski definition) is 1. The number of benzene rings is 1. The van der Waals surface area contributed by atoms with Gasteiger partial charge >= 0.3 is 0 Å². The minimum atomic E-state index is 0.613. The molecule has 1 aromatic carbocycles. The summed E-state index contributed by atoms with van der Waals surface area (Å²) in [5.74, 6) is 1.92. The highest BCUT2D eigenvalue weighted by Gasteiger charge is 2.17. The van der Waals surface area contributed by atoms with Crippen molar-refractivity contribution in [2.24, 2.45) is 5.92 Å². The summed E-state index contributed by atoms with van der Waals surface area (Å²) in [4.78, 5) is 1.34. The summed E-state index contributed by atoms with van der Waals surface area (Å²) in [5, 5.41) is 3.64. The van der Waals surface area contributed by atoms with Gasteiger partial charge in [-0.2, -0.15) is 0 Å². The number of thioether (sulfide) groups is 1. The van der Waals surface area contributed by atoms with Crippen molar-refractivity contribution in [1.82, 2.24) is 5.32 Å². The average Bonchev–Trinajstić information content (AvgIpc) is 2.39. The van der Waals surface area contributed by atoms with Gasteiger partial charge < -0.3 is 5.32 Å². The SMILES string of the molecule is CCNC(CSc1ccccc1Br)C(CC)CC. The number of halogens is 1. The zero-order valence-corrected chi connectivity index (χ0v) is 14.0. The van der Waals surface area contributed by atoms with Crippen molar-refractivity contribution in [2.45, 2.75) is 44.6 Å². The maximum absolute atomic E-state index is 3.64. The quantitative estimate of drug-likeness (QED) is 0.677.